The summed E-state index contributed by atoms with van der Waals surface area (Å²) in [5.74, 6) is 5.47. The summed E-state index contributed by atoms with van der Waals surface area (Å²) in [6.45, 7) is 0.647. The van der Waals surface area contributed by atoms with Crippen molar-refractivity contribution in [1.82, 2.24) is 23.9 Å². The van der Waals surface area contributed by atoms with Crippen molar-refractivity contribution in [2.24, 2.45) is 5.84 Å². The maximum Gasteiger partial charge on any atom is 0.260 e. The van der Waals surface area contributed by atoms with Gasteiger partial charge in [-0.3, -0.25) is 9.08 Å². The summed E-state index contributed by atoms with van der Waals surface area (Å²) in [5, 5.41) is 5.76. The van der Waals surface area contributed by atoms with Crippen molar-refractivity contribution in [3.8, 4) is 0 Å². The number of rotatable bonds is 6. The number of hydrazine groups is 1. The Morgan fingerprint density at radius 3 is 2.95 bits per heavy atom. The summed E-state index contributed by atoms with van der Waals surface area (Å²) in [6.07, 6.45) is 5.03. The lowest BCUT2D eigenvalue weighted by atomic mass is 10.6. The van der Waals surface area contributed by atoms with Crippen molar-refractivity contribution < 1.29 is 8.42 Å². The molecule has 0 radical (unpaired) electrons. The number of fused-ring (bicyclic) bond motifs is 1. The topological polar surface area (TPSA) is 119 Å². The fourth-order valence-corrected chi connectivity index (χ4v) is 3.95. The highest BCUT2D eigenvalue weighted by Gasteiger charge is 2.25. The van der Waals surface area contributed by atoms with Crippen LogP contribution < -0.4 is 16.0 Å². The van der Waals surface area contributed by atoms with Crippen molar-refractivity contribution in [2.75, 3.05) is 12.0 Å². The van der Waals surface area contributed by atoms with E-state index in [4.69, 9.17) is 5.84 Å². The molecule has 3 aromatic heterocycles. The van der Waals surface area contributed by atoms with E-state index in [-0.39, 0.29) is 17.4 Å². The molecule has 0 amide bonds. The smallest absolute Gasteiger partial charge is 0.260 e. The number of anilines is 1. The number of nitrogens with zero attached hydrogens (tertiary/aromatic N) is 4. The molecule has 0 spiro atoms. The van der Waals surface area contributed by atoms with Crippen LogP contribution in [0.1, 0.15) is 0 Å². The second-order valence-electron chi connectivity index (χ2n) is 4.13. The zero-order chi connectivity index (χ0) is 14.9. The standard InChI is InChI=1S/C10H13N7O2S2/c11-15-8-9(17-6-7-20-10(17)14-8)21(18,19)13-3-5-16-4-1-2-12-16/h1-2,4,6-7,13,15H,3,5,11H2. The van der Waals surface area contributed by atoms with Crippen LogP contribution in [0, 0.1) is 0 Å². The molecule has 0 aliphatic rings. The zero-order valence-electron chi connectivity index (χ0n) is 10.8. The SMILES string of the molecule is NNc1nc2sccn2c1S(=O)(=O)NCCn1cccn1. The maximum absolute atomic E-state index is 12.4. The molecule has 21 heavy (non-hydrogen) atoms. The molecule has 4 N–H and O–H groups in total. The zero-order valence-corrected chi connectivity index (χ0v) is 12.4. The van der Waals surface area contributed by atoms with E-state index < -0.39 is 10.0 Å². The van der Waals surface area contributed by atoms with Gasteiger partial charge in [-0.2, -0.15) is 10.1 Å². The van der Waals surface area contributed by atoms with E-state index in [0.29, 0.717) is 11.5 Å². The summed E-state index contributed by atoms with van der Waals surface area (Å²) in [7, 11) is -3.74. The van der Waals surface area contributed by atoms with Gasteiger partial charge in [0.2, 0.25) is 5.03 Å². The Morgan fingerprint density at radius 1 is 1.38 bits per heavy atom. The summed E-state index contributed by atoms with van der Waals surface area (Å²) in [5.41, 5.74) is 2.32. The number of thiazole rings is 1. The van der Waals surface area contributed by atoms with Crippen molar-refractivity contribution >= 4 is 32.1 Å². The lowest BCUT2D eigenvalue weighted by molar-refractivity contribution is 0.557. The molecule has 11 heteroatoms. The Balaban J connectivity index is 1.84. The molecule has 0 saturated carbocycles. The maximum atomic E-state index is 12.4. The molecule has 112 valence electrons. The van der Waals surface area contributed by atoms with Gasteiger partial charge in [-0.15, -0.1) is 11.3 Å². The van der Waals surface area contributed by atoms with Gasteiger partial charge in [-0.25, -0.2) is 19.0 Å². The Hall–Kier alpha value is -1.95. The molecule has 0 aliphatic carbocycles. The molecular formula is C10H13N7O2S2. The van der Waals surface area contributed by atoms with Gasteiger partial charge in [0.25, 0.3) is 10.0 Å². The normalized spacial score (nSPS) is 12.0. The molecule has 0 bridgehead atoms. The van der Waals surface area contributed by atoms with Crippen molar-refractivity contribution in [3.05, 3.63) is 30.0 Å². The van der Waals surface area contributed by atoms with Crippen LogP contribution in [0.2, 0.25) is 0 Å². The van der Waals surface area contributed by atoms with Gasteiger partial charge in [-0.05, 0) is 6.07 Å². The van der Waals surface area contributed by atoms with Crippen molar-refractivity contribution in [2.45, 2.75) is 11.6 Å². The lowest BCUT2D eigenvalue weighted by Crippen LogP contribution is -2.29. The number of nitrogen functional groups attached to an aromatic ring is 1. The fourth-order valence-electron chi connectivity index (χ4n) is 1.91. The first-order valence-electron chi connectivity index (χ1n) is 6.01. The van der Waals surface area contributed by atoms with Crippen molar-refractivity contribution in [3.63, 3.8) is 0 Å². The van der Waals surface area contributed by atoms with Gasteiger partial charge in [0.15, 0.2) is 10.8 Å². The molecule has 3 aromatic rings. The number of nitrogens with two attached hydrogens (primary N) is 1. The van der Waals surface area contributed by atoms with Crippen LogP contribution in [-0.2, 0) is 16.6 Å². The highest BCUT2D eigenvalue weighted by atomic mass is 32.2. The van der Waals surface area contributed by atoms with Crippen LogP contribution >= 0.6 is 11.3 Å². The van der Waals surface area contributed by atoms with E-state index in [9.17, 15) is 8.42 Å². The van der Waals surface area contributed by atoms with Crippen LogP contribution in [0.15, 0.2) is 35.1 Å². The van der Waals surface area contributed by atoms with Crippen LogP contribution in [0.25, 0.3) is 4.96 Å². The van der Waals surface area contributed by atoms with E-state index in [1.54, 1.807) is 34.7 Å². The first-order chi connectivity index (χ1) is 10.1. The number of aromatic nitrogens is 4. The predicted octanol–water partition coefficient (Wildman–Crippen LogP) is -0.144. The Kier molecular flexibility index (Phi) is 3.63. The molecule has 9 nitrogen and oxygen atoms in total. The summed E-state index contributed by atoms with van der Waals surface area (Å²) < 4.78 is 30.5. The highest BCUT2D eigenvalue weighted by Crippen LogP contribution is 2.24. The molecule has 0 unspecified atom stereocenters. The number of nitrogens with one attached hydrogen (secondary N) is 2. The molecule has 3 rings (SSSR count). The second kappa shape index (κ2) is 5.44. The number of hydrogen-bond donors (Lipinski definition) is 3. The Morgan fingerprint density at radius 2 is 2.24 bits per heavy atom. The second-order valence-corrected chi connectivity index (χ2v) is 6.69. The third-order valence-corrected chi connectivity index (χ3v) is 5.04. The van der Waals surface area contributed by atoms with Gasteiger partial charge >= 0.3 is 0 Å². The lowest BCUT2D eigenvalue weighted by Gasteiger charge is -2.07. The van der Waals surface area contributed by atoms with E-state index in [1.165, 1.54) is 15.7 Å². The van der Waals surface area contributed by atoms with Crippen molar-refractivity contribution in [1.29, 1.82) is 0 Å². The van der Waals surface area contributed by atoms with Gasteiger partial charge < -0.3 is 5.43 Å². The Bertz CT molecular complexity index is 834. The first-order valence-corrected chi connectivity index (χ1v) is 8.37. The largest absolute Gasteiger partial charge is 0.306 e. The van der Waals surface area contributed by atoms with Crippen LogP contribution in [0.3, 0.4) is 0 Å². The number of sulfonamides is 1. The first kappa shape index (κ1) is 14.0. The molecule has 0 aliphatic heterocycles. The molecule has 0 atom stereocenters. The van der Waals surface area contributed by atoms with E-state index in [2.05, 4.69) is 20.2 Å². The minimum Gasteiger partial charge on any atom is -0.306 e. The fraction of sp³-hybridized carbons (Fsp3) is 0.200. The van der Waals surface area contributed by atoms with Crippen LogP contribution in [0.4, 0.5) is 5.82 Å². The minimum absolute atomic E-state index is 0.00159. The van der Waals surface area contributed by atoms with Gasteiger partial charge in [0.1, 0.15) is 0 Å². The molecule has 0 saturated heterocycles. The van der Waals surface area contributed by atoms with E-state index in [0.717, 1.165) is 0 Å². The summed E-state index contributed by atoms with van der Waals surface area (Å²) in [6, 6.07) is 1.77. The third kappa shape index (κ3) is 2.63. The average Bonchev–Trinajstić information content (AvgIpc) is 3.13. The molecule has 0 fully saturated rings. The third-order valence-electron chi connectivity index (χ3n) is 2.80. The Labute approximate surface area is 124 Å². The molecular weight excluding hydrogens is 314 g/mol. The van der Waals surface area contributed by atoms with Crippen LogP contribution in [0.5, 0.6) is 0 Å². The highest BCUT2D eigenvalue weighted by molar-refractivity contribution is 7.89. The van der Waals surface area contributed by atoms with E-state index >= 15 is 0 Å². The van der Waals surface area contributed by atoms with Crippen LogP contribution in [-0.4, -0.2) is 34.1 Å². The number of imidazole rings is 1. The predicted molar refractivity (Wildman–Crippen MR) is 78.3 cm³/mol. The van der Waals surface area contributed by atoms with Gasteiger partial charge in [-0.1, -0.05) is 0 Å². The van der Waals surface area contributed by atoms with E-state index in [1.807, 2.05) is 0 Å². The number of hydrogen-bond acceptors (Lipinski definition) is 7. The van der Waals surface area contributed by atoms with Gasteiger partial charge in [0.05, 0.1) is 6.54 Å². The molecule has 3 heterocycles. The monoisotopic (exact) mass is 327 g/mol. The quantitative estimate of drug-likeness (QED) is 0.428. The van der Waals surface area contributed by atoms with Gasteiger partial charge in [0, 0.05) is 30.5 Å². The summed E-state index contributed by atoms with van der Waals surface area (Å²) >= 11 is 1.33. The average molecular weight is 327 g/mol. The molecule has 0 aromatic carbocycles. The summed E-state index contributed by atoms with van der Waals surface area (Å²) in [4.78, 5) is 4.68. The minimum atomic E-state index is -3.74.